The monoisotopic (exact) mass is 251 g/mol. The van der Waals surface area contributed by atoms with Gasteiger partial charge in [0.05, 0.1) is 0 Å². The molecule has 0 aromatic rings. The molecule has 3 fully saturated rings. The molecule has 3 aliphatic heterocycles. The molecule has 1 atom stereocenters. The summed E-state index contributed by atoms with van der Waals surface area (Å²) >= 11 is 0. The van der Waals surface area contributed by atoms with Gasteiger partial charge in [0.1, 0.15) is 0 Å². The van der Waals surface area contributed by atoms with Gasteiger partial charge in [0.15, 0.2) is 0 Å². The highest BCUT2D eigenvalue weighted by atomic mass is 15.2. The van der Waals surface area contributed by atoms with E-state index >= 15 is 0 Å². The number of rotatable bonds is 2. The van der Waals surface area contributed by atoms with Crippen molar-refractivity contribution in [3.05, 3.63) is 0 Å². The Kier molecular flexibility index (Phi) is 3.65. The predicted octanol–water partition coefficient (Wildman–Crippen LogP) is 1.54. The van der Waals surface area contributed by atoms with Crippen LogP contribution in [0.15, 0.2) is 0 Å². The summed E-state index contributed by atoms with van der Waals surface area (Å²) < 4.78 is 0. The van der Waals surface area contributed by atoms with Crippen molar-refractivity contribution in [2.45, 2.75) is 51.6 Å². The smallest absolute Gasteiger partial charge is 0.0120 e. The van der Waals surface area contributed by atoms with E-state index in [1.165, 1.54) is 65.0 Å². The van der Waals surface area contributed by atoms with Crippen LogP contribution in [0.1, 0.15) is 39.5 Å². The molecule has 0 amide bonds. The number of hydrogen-bond donors (Lipinski definition) is 1. The molecule has 3 aliphatic rings. The van der Waals surface area contributed by atoms with Crippen LogP contribution in [0, 0.1) is 5.41 Å². The summed E-state index contributed by atoms with van der Waals surface area (Å²) in [6.45, 7) is 12.5. The number of hydrogen-bond acceptors (Lipinski definition) is 3. The minimum Gasteiger partial charge on any atom is -0.316 e. The summed E-state index contributed by atoms with van der Waals surface area (Å²) in [5, 5.41) is 3.57. The second-order valence-electron chi connectivity index (χ2n) is 7.01. The average Bonchev–Trinajstić information content (AvgIpc) is 3.01. The lowest BCUT2D eigenvalue weighted by atomic mass is 9.86. The molecule has 1 N–H and O–H groups in total. The summed E-state index contributed by atoms with van der Waals surface area (Å²) in [4.78, 5) is 5.45. The Labute approximate surface area is 112 Å². The maximum atomic E-state index is 3.57. The van der Waals surface area contributed by atoms with E-state index in [0.29, 0.717) is 5.41 Å². The third kappa shape index (κ3) is 2.45. The Hall–Kier alpha value is -0.120. The van der Waals surface area contributed by atoms with Crippen molar-refractivity contribution in [3.63, 3.8) is 0 Å². The lowest BCUT2D eigenvalue weighted by Gasteiger charge is -2.39. The van der Waals surface area contributed by atoms with Crippen molar-refractivity contribution in [3.8, 4) is 0 Å². The number of nitrogens with zero attached hydrogens (tertiary/aromatic N) is 2. The van der Waals surface area contributed by atoms with Crippen LogP contribution in [-0.4, -0.2) is 61.2 Å². The fraction of sp³-hybridized carbons (Fsp3) is 1.00. The summed E-state index contributed by atoms with van der Waals surface area (Å²) in [6.07, 6.45) is 5.63. The van der Waals surface area contributed by atoms with Gasteiger partial charge < -0.3 is 10.2 Å². The lowest BCUT2D eigenvalue weighted by Crippen LogP contribution is -2.46. The van der Waals surface area contributed by atoms with Gasteiger partial charge in [-0.15, -0.1) is 0 Å². The Morgan fingerprint density at radius 3 is 2.50 bits per heavy atom. The highest BCUT2D eigenvalue weighted by molar-refractivity contribution is 4.98. The molecule has 0 bridgehead atoms. The molecule has 0 aliphatic carbocycles. The zero-order valence-electron chi connectivity index (χ0n) is 12.1. The van der Waals surface area contributed by atoms with Crippen molar-refractivity contribution in [1.29, 1.82) is 0 Å². The van der Waals surface area contributed by atoms with Gasteiger partial charge in [-0.05, 0) is 71.1 Å². The summed E-state index contributed by atoms with van der Waals surface area (Å²) in [5.74, 6) is 0. The Morgan fingerprint density at radius 1 is 1.11 bits per heavy atom. The van der Waals surface area contributed by atoms with E-state index in [1.54, 1.807) is 0 Å². The van der Waals surface area contributed by atoms with E-state index in [0.717, 1.165) is 12.1 Å². The number of piperidine rings is 1. The molecule has 0 saturated carbocycles. The van der Waals surface area contributed by atoms with Gasteiger partial charge in [-0.25, -0.2) is 0 Å². The van der Waals surface area contributed by atoms with Gasteiger partial charge in [0.2, 0.25) is 0 Å². The van der Waals surface area contributed by atoms with Crippen LogP contribution >= 0.6 is 0 Å². The molecule has 3 rings (SSSR count). The molecule has 0 aromatic carbocycles. The summed E-state index contributed by atoms with van der Waals surface area (Å²) in [7, 11) is 0. The molecule has 0 aromatic heterocycles. The molecule has 1 spiro atoms. The van der Waals surface area contributed by atoms with Crippen molar-refractivity contribution in [2.75, 3.05) is 39.3 Å². The third-order valence-corrected chi connectivity index (χ3v) is 5.55. The molecule has 3 saturated heterocycles. The van der Waals surface area contributed by atoms with Crippen molar-refractivity contribution in [2.24, 2.45) is 5.41 Å². The van der Waals surface area contributed by atoms with E-state index in [9.17, 15) is 0 Å². The van der Waals surface area contributed by atoms with Crippen molar-refractivity contribution < 1.29 is 0 Å². The fourth-order valence-electron chi connectivity index (χ4n) is 4.19. The van der Waals surface area contributed by atoms with Crippen LogP contribution in [-0.2, 0) is 0 Å². The van der Waals surface area contributed by atoms with E-state index < -0.39 is 0 Å². The predicted molar refractivity (Wildman–Crippen MR) is 75.8 cm³/mol. The quantitative estimate of drug-likeness (QED) is 0.803. The van der Waals surface area contributed by atoms with Crippen LogP contribution in [0.5, 0.6) is 0 Å². The second kappa shape index (κ2) is 5.10. The topological polar surface area (TPSA) is 18.5 Å². The highest BCUT2D eigenvalue weighted by Crippen LogP contribution is 2.38. The zero-order chi connectivity index (χ0) is 12.6. The minimum absolute atomic E-state index is 0.648. The Balaban J connectivity index is 1.52. The lowest BCUT2D eigenvalue weighted by molar-refractivity contribution is 0.0998. The van der Waals surface area contributed by atoms with E-state index in [-0.39, 0.29) is 0 Å². The first-order chi connectivity index (χ1) is 8.69. The molecule has 18 heavy (non-hydrogen) atoms. The standard InChI is InChI=1S/C15H29N3/c1-13(2)17-8-3-14(4-9-17)18-10-6-15(12-18)5-7-16-11-15/h13-14,16H,3-12H2,1-2H3. The van der Waals surface area contributed by atoms with Gasteiger partial charge >= 0.3 is 0 Å². The van der Waals surface area contributed by atoms with E-state index in [2.05, 4.69) is 29.0 Å². The maximum absolute atomic E-state index is 3.57. The second-order valence-corrected chi connectivity index (χ2v) is 7.01. The Bertz CT molecular complexity index is 275. The largest absolute Gasteiger partial charge is 0.316 e. The van der Waals surface area contributed by atoms with Gasteiger partial charge in [0, 0.05) is 25.2 Å². The molecule has 3 nitrogen and oxygen atoms in total. The normalized spacial score (nSPS) is 36.2. The van der Waals surface area contributed by atoms with Crippen molar-refractivity contribution >= 4 is 0 Å². The zero-order valence-corrected chi connectivity index (χ0v) is 12.1. The average molecular weight is 251 g/mol. The molecule has 104 valence electrons. The molecule has 3 heteroatoms. The number of likely N-dealkylation sites (tertiary alicyclic amines) is 2. The molecule has 1 unspecified atom stereocenters. The molecule has 0 radical (unpaired) electrons. The Morgan fingerprint density at radius 2 is 1.89 bits per heavy atom. The van der Waals surface area contributed by atoms with Crippen LogP contribution < -0.4 is 5.32 Å². The molecule has 3 heterocycles. The van der Waals surface area contributed by atoms with Crippen LogP contribution in [0.25, 0.3) is 0 Å². The van der Waals surface area contributed by atoms with Crippen LogP contribution in [0.2, 0.25) is 0 Å². The van der Waals surface area contributed by atoms with E-state index in [4.69, 9.17) is 0 Å². The van der Waals surface area contributed by atoms with Crippen LogP contribution in [0.4, 0.5) is 0 Å². The van der Waals surface area contributed by atoms with Gasteiger partial charge in [-0.1, -0.05) is 0 Å². The van der Waals surface area contributed by atoms with Crippen molar-refractivity contribution in [1.82, 2.24) is 15.1 Å². The van der Waals surface area contributed by atoms with Gasteiger partial charge in [0.25, 0.3) is 0 Å². The first-order valence-electron chi connectivity index (χ1n) is 7.87. The molecular formula is C15H29N3. The fourth-order valence-corrected chi connectivity index (χ4v) is 4.19. The van der Waals surface area contributed by atoms with Crippen LogP contribution in [0.3, 0.4) is 0 Å². The van der Waals surface area contributed by atoms with Gasteiger partial charge in [-0.3, -0.25) is 4.90 Å². The first-order valence-corrected chi connectivity index (χ1v) is 7.87. The third-order valence-electron chi connectivity index (χ3n) is 5.55. The van der Waals surface area contributed by atoms with E-state index in [1.807, 2.05) is 0 Å². The minimum atomic E-state index is 0.648. The summed E-state index contributed by atoms with van der Waals surface area (Å²) in [6, 6.07) is 1.61. The SMILES string of the molecule is CC(C)N1CCC(N2CCC3(CCNC3)C2)CC1. The number of nitrogens with one attached hydrogen (secondary N) is 1. The first kappa shape index (κ1) is 12.9. The highest BCUT2D eigenvalue weighted by Gasteiger charge is 2.42. The maximum Gasteiger partial charge on any atom is 0.0120 e. The summed E-state index contributed by atoms with van der Waals surface area (Å²) in [5.41, 5.74) is 0.648. The van der Waals surface area contributed by atoms with Gasteiger partial charge in [-0.2, -0.15) is 0 Å². The molecular weight excluding hydrogens is 222 g/mol.